The van der Waals surface area contributed by atoms with E-state index in [1.807, 2.05) is 24.3 Å². The predicted molar refractivity (Wildman–Crippen MR) is 140 cm³/mol. The number of hydrogen-bond acceptors (Lipinski definition) is 6. The number of anilines is 1. The van der Waals surface area contributed by atoms with Gasteiger partial charge in [0.05, 0.1) is 10.2 Å². The fourth-order valence-corrected chi connectivity index (χ4v) is 3.51. The number of hydrogen-bond donors (Lipinski definition) is 5. The molecule has 2 amide bonds. The van der Waals surface area contributed by atoms with Crippen LogP contribution in [0.1, 0.15) is 29.3 Å². The van der Waals surface area contributed by atoms with Gasteiger partial charge in [0, 0.05) is 54.1 Å². The summed E-state index contributed by atoms with van der Waals surface area (Å²) in [5.74, 6) is 0.854. The summed E-state index contributed by atoms with van der Waals surface area (Å²) in [6.45, 7) is 2.50. The van der Waals surface area contributed by atoms with Crippen LogP contribution in [0.3, 0.4) is 0 Å². The van der Waals surface area contributed by atoms with Crippen LogP contribution >= 0.6 is 27.5 Å². The Labute approximate surface area is 211 Å². The van der Waals surface area contributed by atoms with Gasteiger partial charge in [0.15, 0.2) is 0 Å². The molecule has 10 heteroatoms. The van der Waals surface area contributed by atoms with Crippen molar-refractivity contribution in [2.24, 2.45) is 4.99 Å². The van der Waals surface area contributed by atoms with Gasteiger partial charge in [-0.3, -0.25) is 9.59 Å². The zero-order chi connectivity index (χ0) is 24.5. The molecule has 0 fully saturated rings. The molecule has 8 nitrogen and oxygen atoms in total. The van der Waals surface area contributed by atoms with Gasteiger partial charge >= 0.3 is 0 Å². The van der Waals surface area contributed by atoms with Gasteiger partial charge < -0.3 is 26.7 Å². The van der Waals surface area contributed by atoms with Crippen molar-refractivity contribution in [1.29, 1.82) is 5.41 Å². The second-order valence-corrected chi connectivity index (χ2v) is 8.56. The number of nitrogens with zero attached hydrogens (tertiary/aromatic N) is 1. The monoisotopic (exact) mass is 542 g/mol. The van der Waals surface area contributed by atoms with Crippen molar-refractivity contribution in [3.05, 3.63) is 86.9 Å². The van der Waals surface area contributed by atoms with E-state index in [0.717, 1.165) is 11.8 Å². The molecule has 0 aliphatic carbocycles. The lowest BCUT2D eigenvalue weighted by molar-refractivity contribution is -0.114. The molecule has 0 atom stereocenters. The molecule has 5 N–H and O–H groups in total. The number of carbonyl (C=O) groups excluding carboxylic acids is 2. The number of rotatable bonds is 9. The predicted octanol–water partition coefficient (Wildman–Crippen LogP) is 4.16. The molecule has 0 saturated heterocycles. The number of benzene rings is 2. The summed E-state index contributed by atoms with van der Waals surface area (Å²) >= 11 is 9.68. The highest BCUT2D eigenvalue weighted by Crippen LogP contribution is 2.21. The Kier molecular flexibility index (Phi) is 9.00. The van der Waals surface area contributed by atoms with Gasteiger partial charge in [-0.25, -0.2) is 4.99 Å². The summed E-state index contributed by atoms with van der Waals surface area (Å²) in [7, 11) is 0. The van der Waals surface area contributed by atoms with E-state index in [1.54, 1.807) is 30.3 Å². The van der Waals surface area contributed by atoms with Crippen LogP contribution in [0.2, 0.25) is 5.02 Å². The summed E-state index contributed by atoms with van der Waals surface area (Å²) in [5.41, 5.74) is 2.61. The minimum absolute atomic E-state index is 0.162. The normalized spacial score (nSPS) is 14.2. The number of nitrogens with one attached hydrogen (secondary N) is 5. The summed E-state index contributed by atoms with van der Waals surface area (Å²) in [4.78, 5) is 28.0. The van der Waals surface area contributed by atoms with Crippen LogP contribution in [0.25, 0.3) is 0 Å². The zero-order valence-corrected chi connectivity index (χ0v) is 20.8. The molecule has 176 valence electrons. The molecule has 0 bridgehead atoms. The zero-order valence-electron chi connectivity index (χ0n) is 18.4. The number of allylic oxidation sites excluding steroid dienone is 2. The van der Waals surface area contributed by atoms with Crippen LogP contribution in [0.5, 0.6) is 0 Å². The Hall–Kier alpha value is -3.43. The molecule has 1 heterocycles. The molecule has 0 aromatic heterocycles. The molecular formula is C24H24BrClN6O2. The van der Waals surface area contributed by atoms with Crippen molar-refractivity contribution < 1.29 is 9.59 Å². The van der Waals surface area contributed by atoms with Gasteiger partial charge in [0.25, 0.3) is 5.91 Å². The van der Waals surface area contributed by atoms with Gasteiger partial charge in [-0.15, -0.1) is 0 Å². The summed E-state index contributed by atoms with van der Waals surface area (Å²) in [6, 6.07) is 14.1. The van der Waals surface area contributed by atoms with Crippen LogP contribution in [-0.2, 0) is 4.79 Å². The number of amides is 2. The smallest absolute Gasteiger partial charge is 0.251 e. The van der Waals surface area contributed by atoms with E-state index in [0.29, 0.717) is 57.6 Å². The molecule has 2 aromatic rings. The fraction of sp³-hybridized carbons (Fsp3) is 0.167. The third kappa shape index (κ3) is 7.03. The second-order valence-electron chi connectivity index (χ2n) is 7.30. The lowest BCUT2D eigenvalue weighted by atomic mass is 10.1. The third-order valence-electron chi connectivity index (χ3n) is 4.69. The summed E-state index contributed by atoms with van der Waals surface area (Å²) < 4.78 is 0.501. The quantitative estimate of drug-likeness (QED) is 0.241. The Bertz CT molecular complexity index is 1170. The van der Waals surface area contributed by atoms with Crippen molar-refractivity contribution >= 4 is 57.0 Å². The van der Waals surface area contributed by atoms with E-state index < -0.39 is 0 Å². The first-order valence-electron chi connectivity index (χ1n) is 10.5. The number of aliphatic imine (C=N–C) groups is 1. The van der Waals surface area contributed by atoms with Crippen LogP contribution in [0.15, 0.2) is 75.7 Å². The molecule has 1 aliphatic heterocycles. The number of halogens is 2. The molecule has 0 spiro atoms. The molecule has 0 unspecified atom stereocenters. The molecule has 34 heavy (non-hydrogen) atoms. The van der Waals surface area contributed by atoms with E-state index in [-0.39, 0.29) is 11.8 Å². The van der Waals surface area contributed by atoms with E-state index in [4.69, 9.17) is 17.0 Å². The van der Waals surface area contributed by atoms with Crippen molar-refractivity contribution in [3.63, 3.8) is 0 Å². The van der Waals surface area contributed by atoms with Crippen LogP contribution in [0.4, 0.5) is 5.69 Å². The summed E-state index contributed by atoms with van der Waals surface area (Å²) in [6.07, 6.45) is 3.69. The van der Waals surface area contributed by atoms with Crippen LogP contribution < -0.4 is 21.3 Å². The Morgan fingerprint density at radius 3 is 2.56 bits per heavy atom. The Morgan fingerprint density at radius 2 is 1.88 bits per heavy atom. The standard InChI is InChI=1S/C24H24BrClN6O2/c1-15(33)30-17-9-7-16(8-10-17)24(34)29-12-4-11-28-22-13-21(18-5-2-3-6-20(18)26)31-23(32-22)19(25)14-27/h2-3,5-10,13-14,27-28,32H,4,11-12H2,1H3,(H,29,34)(H,30,33)/b23-19+,27-14?. The van der Waals surface area contributed by atoms with E-state index in [2.05, 4.69) is 42.2 Å². The Balaban J connectivity index is 1.55. The lowest BCUT2D eigenvalue weighted by Gasteiger charge is -2.20. The maximum Gasteiger partial charge on any atom is 0.251 e. The van der Waals surface area contributed by atoms with Gasteiger partial charge in [-0.1, -0.05) is 29.8 Å². The van der Waals surface area contributed by atoms with Gasteiger partial charge in [0.1, 0.15) is 11.6 Å². The molecular weight excluding hydrogens is 520 g/mol. The van der Waals surface area contributed by atoms with Gasteiger partial charge in [-0.05, 0) is 52.7 Å². The van der Waals surface area contributed by atoms with Gasteiger partial charge in [-0.2, -0.15) is 0 Å². The highest BCUT2D eigenvalue weighted by molar-refractivity contribution is 9.12. The molecule has 2 aromatic carbocycles. The molecule has 0 saturated carbocycles. The average Bonchev–Trinajstić information content (AvgIpc) is 2.83. The fourth-order valence-electron chi connectivity index (χ4n) is 3.09. The van der Waals surface area contributed by atoms with Crippen molar-refractivity contribution in [2.75, 3.05) is 18.4 Å². The first-order chi connectivity index (χ1) is 16.4. The van der Waals surface area contributed by atoms with Crippen molar-refractivity contribution in [3.8, 4) is 0 Å². The minimum atomic E-state index is -0.183. The van der Waals surface area contributed by atoms with E-state index >= 15 is 0 Å². The van der Waals surface area contributed by atoms with E-state index in [1.165, 1.54) is 6.92 Å². The molecule has 3 rings (SSSR count). The highest BCUT2D eigenvalue weighted by atomic mass is 79.9. The van der Waals surface area contributed by atoms with Crippen LogP contribution in [0, 0.1) is 5.41 Å². The Morgan fingerprint density at radius 1 is 1.15 bits per heavy atom. The first-order valence-corrected chi connectivity index (χ1v) is 11.7. The molecule has 1 aliphatic rings. The third-order valence-corrected chi connectivity index (χ3v) is 5.63. The van der Waals surface area contributed by atoms with Crippen molar-refractivity contribution in [1.82, 2.24) is 16.0 Å². The van der Waals surface area contributed by atoms with E-state index in [9.17, 15) is 9.59 Å². The maximum absolute atomic E-state index is 12.3. The molecule has 0 radical (unpaired) electrons. The SMILES string of the molecule is CC(=O)Nc1ccc(C(=O)NCCCNC2=CC(c3ccccc3Cl)=N/C(=C(\Br)C=N)N2)cc1. The number of carbonyl (C=O) groups is 2. The largest absolute Gasteiger partial charge is 0.371 e. The lowest BCUT2D eigenvalue weighted by Crippen LogP contribution is -2.33. The van der Waals surface area contributed by atoms with Gasteiger partial charge in [0.2, 0.25) is 5.91 Å². The minimum Gasteiger partial charge on any atom is -0.371 e. The maximum atomic E-state index is 12.3. The second kappa shape index (κ2) is 12.2. The van der Waals surface area contributed by atoms with Crippen molar-refractivity contribution in [2.45, 2.75) is 13.3 Å². The summed E-state index contributed by atoms with van der Waals surface area (Å²) in [5, 5.41) is 20.1. The first kappa shape index (κ1) is 25.2. The van der Waals surface area contributed by atoms with Crippen LogP contribution in [-0.4, -0.2) is 36.8 Å². The average molecular weight is 544 g/mol. The highest BCUT2D eigenvalue weighted by Gasteiger charge is 2.16. The topological polar surface area (TPSA) is 118 Å².